The number of hydrogen-bond donors (Lipinski definition) is 1. The summed E-state index contributed by atoms with van der Waals surface area (Å²) < 4.78 is 0. The smallest absolute Gasteiger partial charge is 0.0272 e. The second-order valence-corrected chi connectivity index (χ2v) is 3.46. The summed E-state index contributed by atoms with van der Waals surface area (Å²) in [7, 11) is 2.04. The molecule has 2 atom stereocenters. The minimum atomic E-state index is 0.880. The molecule has 2 unspecified atom stereocenters. The molecule has 1 saturated carbocycles. The SMILES string of the molecule is CNN1CCC2CCCC21. The molecule has 2 aliphatic rings. The molecule has 1 saturated heterocycles. The number of hydrogen-bond acceptors (Lipinski definition) is 2. The lowest BCUT2D eigenvalue weighted by Crippen LogP contribution is -2.39. The molecule has 0 aromatic carbocycles. The minimum Gasteiger partial charge on any atom is -0.258 e. The van der Waals surface area contributed by atoms with E-state index in [4.69, 9.17) is 0 Å². The van der Waals surface area contributed by atoms with Crippen molar-refractivity contribution in [1.29, 1.82) is 0 Å². The van der Waals surface area contributed by atoms with Gasteiger partial charge >= 0.3 is 0 Å². The van der Waals surface area contributed by atoms with Crippen molar-refractivity contribution in [3.05, 3.63) is 0 Å². The Hall–Kier alpha value is -0.0800. The molecule has 0 aromatic heterocycles. The van der Waals surface area contributed by atoms with E-state index in [1.54, 1.807) is 0 Å². The predicted octanol–water partition coefficient (Wildman–Crippen LogP) is 0.995. The van der Waals surface area contributed by atoms with Crippen LogP contribution in [-0.2, 0) is 0 Å². The zero-order chi connectivity index (χ0) is 6.97. The Morgan fingerprint density at radius 2 is 2.20 bits per heavy atom. The first-order valence-corrected chi connectivity index (χ1v) is 4.36. The number of hydrazine groups is 1. The van der Waals surface area contributed by atoms with Gasteiger partial charge in [0.15, 0.2) is 0 Å². The lowest BCUT2D eigenvalue weighted by atomic mass is 10.1. The summed E-state index contributed by atoms with van der Waals surface area (Å²) in [4.78, 5) is 0. The van der Waals surface area contributed by atoms with Crippen LogP contribution >= 0.6 is 0 Å². The molecule has 0 amide bonds. The Morgan fingerprint density at radius 3 is 3.00 bits per heavy atom. The molecule has 1 aliphatic heterocycles. The molecule has 2 heteroatoms. The number of nitrogens with one attached hydrogen (secondary N) is 1. The third-order valence-electron chi connectivity index (χ3n) is 3.05. The second kappa shape index (κ2) is 2.51. The number of rotatable bonds is 1. The highest BCUT2D eigenvalue weighted by atomic mass is 15.5. The Labute approximate surface area is 62.6 Å². The standard InChI is InChI=1S/C8H16N2/c1-9-10-6-5-7-3-2-4-8(7)10/h7-9H,2-6H2,1H3. The van der Waals surface area contributed by atoms with E-state index in [-0.39, 0.29) is 0 Å². The second-order valence-electron chi connectivity index (χ2n) is 3.46. The first-order chi connectivity index (χ1) is 4.92. The van der Waals surface area contributed by atoms with E-state index in [1.165, 1.54) is 32.2 Å². The summed E-state index contributed by atoms with van der Waals surface area (Å²) in [5, 5.41) is 2.41. The van der Waals surface area contributed by atoms with E-state index in [2.05, 4.69) is 10.4 Å². The van der Waals surface area contributed by atoms with Crippen molar-refractivity contribution >= 4 is 0 Å². The van der Waals surface area contributed by atoms with Crippen molar-refractivity contribution in [3.8, 4) is 0 Å². The molecule has 10 heavy (non-hydrogen) atoms. The highest BCUT2D eigenvalue weighted by molar-refractivity contribution is 4.89. The van der Waals surface area contributed by atoms with Crippen LogP contribution in [0.1, 0.15) is 25.7 Å². The normalized spacial score (nSPS) is 40.5. The van der Waals surface area contributed by atoms with Gasteiger partial charge in [0.25, 0.3) is 0 Å². The average Bonchev–Trinajstić information content (AvgIpc) is 2.44. The predicted molar refractivity (Wildman–Crippen MR) is 41.5 cm³/mol. The van der Waals surface area contributed by atoms with Crippen molar-refractivity contribution < 1.29 is 0 Å². The molecule has 0 bridgehead atoms. The summed E-state index contributed by atoms with van der Waals surface area (Å²) in [5.41, 5.74) is 3.27. The molecule has 2 nitrogen and oxygen atoms in total. The number of fused-ring (bicyclic) bond motifs is 1. The highest BCUT2D eigenvalue weighted by Crippen LogP contribution is 2.36. The van der Waals surface area contributed by atoms with Crippen molar-refractivity contribution in [3.63, 3.8) is 0 Å². The maximum Gasteiger partial charge on any atom is 0.0272 e. The molecule has 2 fully saturated rings. The van der Waals surface area contributed by atoms with Gasteiger partial charge in [0, 0.05) is 12.6 Å². The first kappa shape index (κ1) is 6.62. The van der Waals surface area contributed by atoms with Crippen LogP contribution in [0.4, 0.5) is 0 Å². The molecule has 2 rings (SSSR count). The summed E-state index contributed by atoms with van der Waals surface area (Å²) in [6.07, 6.45) is 5.77. The molecular weight excluding hydrogens is 124 g/mol. The summed E-state index contributed by atoms with van der Waals surface area (Å²) in [5.74, 6) is 1.02. The van der Waals surface area contributed by atoms with Crippen LogP contribution in [0, 0.1) is 5.92 Å². The fourth-order valence-electron chi connectivity index (χ4n) is 2.51. The van der Waals surface area contributed by atoms with Crippen LogP contribution in [0.3, 0.4) is 0 Å². The Morgan fingerprint density at radius 1 is 1.30 bits per heavy atom. The van der Waals surface area contributed by atoms with Gasteiger partial charge in [-0.3, -0.25) is 5.43 Å². The van der Waals surface area contributed by atoms with Crippen LogP contribution in [0.25, 0.3) is 0 Å². The fraction of sp³-hybridized carbons (Fsp3) is 1.00. The molecule has 1 heterocycles. The molecular formula is C8H16N2. The van der Waals surface area contributed by atoms with Gasteiger partial charge in [-0.05, 0) is 32.2 Å². The average molecular weight is 140 g/mol. The minimum absolute atomic E-state index is 0.880. The fourth-order valence-corrected chi connectivity index (χ4v) is 2.51. The Balaban J connectivity index is 2.01. The van der Waals surface area contributed by atoms with Gasteiger partial charge in [-0.2, -0.15) is 0 Å². The van der Waals surface area contributed by atoms with Crippen molar-refractivity contribution in [1.82, 2.24) is 10.4 Å². The molecule has 0 spiro atoms. The molecule has 58 valence electrons. The van der Waals surface area contributed by atoms with Crippen LogP contribution in [0.5, 0.6) is 0 Å². The third-order valence-corrected chi connectivity index (χ3v) is 3.05. The van der Waals surface area contributed by atoms with Crippen LogP contribution < -0.4 is 5.43 Å². The van der Waals surface area contributed by atoms with Gasteiger partial charge < -0.3 is 0 Å². The zero-order valence-corrected chi connectivity index (χ0v) is 6.64. The Kier molecular flexibility index (Phi) is 1.66. The third kappa shape index (κ3) is 0.867. The quantitative estimate of drug-likeness (QED) is 0.584. The van der Waals surface area contributed by atoms with Gasteiger partial charge in [-0.15, -0.1) is 0 Å². The van der Waals surface area contributed by atoms with Crippen LogP contribution in [0.15, 0.2) is 0 Å². The van der Waals surface area contributed by atoms with Gasteiger partial charge in [0.2, 0.25) is 0 Å². The monoisotopic (exact) mass is 140 g/mol. The largest absolute Gasteiger partial charge is 0.258 e. The van der Waals surface area contributed by atoms with Gasteiger partial charge in [-0.1, -0.05) is 6.42 Å². The summed E-state index contributed by atoms with van der Waals surface area (Å²) >= 11 is 0. The summed E-state index contributed by atoms with van der Waals surface area (Å²) in [6.45, 7) is 1.27. The molecule has 0 aromatic rings. The maximum absolute atomic E-state index is 3.27. The van der Waals surface area contributed by atoms with E-state index in [1.807, 2.05) is 7.05 Å². The van der Waals surface area contributed by atoms with E-state index >= 15 is 0 Å². The van der Waals surface area contributed by atoms with E-state index in [9.17, 15) is 0 Å². The lowest BCUT2D eigenvalue weighted by molar-refractivity contribution is 0.180. The van der Waals surface area contributed by atoms with E-state index < -0.39 is 0 Å². The van der Waals surface area contributed by atoms with Crippen LogP contribution in [0.2, 0.25) is 0 Å². The van der Waals surface area contributed by atoms with E-state index in [0.29, 0.717) is 0 Å². The highest BCUT2D eigenvalue weighted by Gasteiger charge is 2.36. The molecule has 1 N–H and O–H groups in total. The zero-order valence-electron chi connectivity index (χ0n) is 6.64. The number of nitrogens with zero attached hydrogens (tertiary/aromatic N) is 1. The van der Waals surface area contributed by atoms with E-state index in [0.717, 1.165) is 12.0 Å². The van der Waals surface area contributed by atoms with Gasteiger partial charge in [0.1, 0.15) is 0 Å². The van der Waals surface area contributed by atoms with Gasteiger partial charge in [-0.25, -0.2) is 5.01 Å². The van der Waals surface area contributed by atoms with Crippen molar-refractivity contribution in [2.45, 2.75) is 31.7 Å². The Bertz CT molecular complexity index is 124. The van der Waals surface area contributed by atoms with Crippen molar-refractivity contribution in [2.75, 3.05) is 13.6 Å². The maximum atomic E-state index is 3.27. The van der Waals surface area contributed by atoms with Crippen LogP contribution in [-0.4, -0.2) is 24.6 Å². The lowest BCUT2D eigenvalue weighted by Gasteiger charge is -2.21. The molecule has 1 aliphatic carbocycles. The van der Waals surface area contributed by atoms with Crippen molar-refractivity contribution in [2.24, 2.45) is 5.92 Å². The summed E-state index contributed by atoms with van der Waals surface area (Å²) in [6, 6.07) is 0.880. The van der Waals surface area contributed by atoms with Gasteiger partial charge in [0.05, 0.1) is 0 Å². The topological polar surface area (TPSA) is 15.3 Å². The first-order valence-electron chi connectivity index (χ1n) is 4.36. The molecule has 0 radical (unpaired) electrons.